The van der Waals surface area contributed by atoms with Gasteiger partial charge >= 0.3 is 0 Å². The molecule has 1 aromatic carbocycles. The van der Waals surface area contributed by atoms with E-state index in [4.69, 9.17) is 10.8 Å². The molecule has 0 radical (unpaired) electrons. The summed E-state index contributed by atoms with van der Waals surface area (Å²) in [4.78, 5) is 26.6. The number of aliphatic hydroxyl groups is 1. The first-order valence-corrected chi connectivity index (χ1v) is 9.70. The molecule has 28 heavy (non-hydrogen) atoms. The van der Waals surface area contributed by atoms with Crippen LogP contribution < -0.4 is 5.73 Å². The highest BCUT2D eigenvalue weighted by Crippen LogP contribution is 2.20. The SMILES string of the molecule is Nc1ccc(CCC(=O)CCC(=O)N2CCC[C@@H]2Cn2cc(CO)nn2)cc1. The van der Waals surface area contributed by atoms with Crippen molar-refractivity contribution < 1.29 is 14.7 Å². The normalized spacial score (nSPS) is 16.5. The van der Waals surface area contributed by atoms with Gasteiger partial charge < -0.3 is 15.7 Å². The summed E-state index contributed by atoms with van der Waals surface area (Å²) in [6.07, 6.45) is 5.17. The Balaban J connectivity index is 1.43. The van der Waals surface area contributed by atoms with E-state index in [2.05, 4.69) is 10.3 Å². The van der Waals surface area contributed by atoms with E-state index in [0.717, 1.165) is 18.4 Å². The van der Waals surface area contributed by atoms with Crippen molar-refractivity contribution in [2.24, 2.45) is 0 Å². The monoisotopic (exact) mass is 385 g/mol. The van der Waals surface area contributed by atoms with Crippen LogP contribution in [-0.4, -0.2) is 49.3 Å². The first-order valence-electron chi connectivity index (χ1n) is 9.70. The van der Waals surface area contributed by atoms with E-state index in [0.29, 0.717) is 37.3 Å². The Morgan fingerprint density at radius 3 is 2.68 bits per heavy atom. The van der Waals surface area contributed by atoms with Crippen LogP contribution in [0.15, 0.2) is 30.5 Å². The first-order chi connectivity index (χ1) is 13.5. The molecule has 1 fully saturated rings. The second kappa shape index (κ2) is 9.45. The number of carbonyl (C=O) groups is 2. The zero-order chi connectivity index (χ0) is 19.9. The molecular weight excluding hydrogens is 358 g/mol. The molecule has 1 aromatic heterocycles. The van der Waals surface area contributed by atoms with E-state index in [9.17, 15) is 9.59 Å². The Labute approximate surface area is 164 Å². The number of hydrogen-bond donors (Lipinski definition) is 2. The number of likely N-dealkylation sites (tertiary alicyclic amines) is 1. The van der Waals surface area contributed by atoms with Crippen molar-refractivity contribution in [3.05, 3.63) is 41.7 Å². The van der Waals surface area contributed by atoms with Crippen molar-refractivity contribution in [2.45, 2.75) is 57.7 Å². The number of nitrogen functional groups attached to an aromatic ring is 1. The number of benzene rings is 1. The van der Waals surface area contributed by atoms with Crippen LogP contribution in [0.5, 0.6) is 0 Å². The standard InChI is InChI=1S/C20H27N5O3/c21-16-6-3-15(4-7-16)5-8-19(27)9-10-20(28)25-11-1-2-18(25)13-24-12-17(14-26)22-23-24/h3-4,6-7,12,18,26H,1-2,5,8-11,13-14,21H2/t18-/m1/s1. The lowest BCUT2D eigenvalue weighted by molar-refractivity contribution is -0.134. The van der Waals surface area contributed by atoms with E-state index in [1.54, 1.807) is 10.9 Å². The van der Waals surface area contributed by atoms with Crippen LogP contribution >= 0.6 is 0 Å². The Morgan fingerprint density at radius 2 is 1.96 bits per heavy atom. The van der Waals surface area contributed by atoms with Crippen molar-refractivity contribution >= 4 is 17.4 Å². The lowest BCUT2D eigenvalue weighted by Crippen LogP contribution is -2.38. The van der Waals surface area contributed by atoms with Crippen LogP contribution in [0, 0.1) is 0 Å². The summed E-state index contributed by atoms with van der Waals surface area (Å²) in [6, 6.07) is 7.57. The number of ketones is 1. The Kier molecular flexibility index (Phi) is 6.76. The number of nitrogens with zero attached hydrogens (tertiary/aromatic N) is 4. The van der Waals surface area contributed by atoms with Crippen molar-refractivity contribution in [1.82, 2.24) is 19.9 Å². The zero-order valence-corrected chi connectivity index (χ0v) is 16.0. The van der Waals surface area contributed by atoms with Gasteiger partial charge in [-0.1, -0.05) is 17.3 Å². The Hall–Kier alpha value is -2.74. The molecule has 1 amide bonds. The number of anilines is 1. The molecular formula is C20H27N5O3. The van der Waals surface area contributed by atoms with Crippen molar-refractivity contribution in [1.29, 1.82) is 0 Å². The van der Waals surface area contributed by atoms with Gasteiger partial charge in [0.2, 0.25) is 5.91 Å². The van der Waals surface area contributed by atoms with Gasteiger partial charge in [-0.15, -0.1) is 5.10 Å². The molecule has 1 atom stereocenters. The van der Waals surface area contributed by atoms with Gasteiger partial charge in [0, 0.05) is 31.5 Å². The van der Waals surface area contributed by atoms with Gasteiger partial charge in [-0.3, -0.25) is 14.3 Å². The number of aliphatic hydroxyl groups excluding tert-OH is 1. The summed E-state index contributed by atoms with van der Waals surface area (Å²) in [5.41, 5.74) is 7.96. The number of nitrogens with two attached hydrogens (primary N) is 1. The van der Waals surface area contributed by atoms with Gasteiger partial charge in [0.1, 0.15) is 11.5 Å². The quantitative estimate of drug-likeness (QED) is 0.629. The number of hydrogen-bond acceptors (Lipinski definition) is 6. The van der Waals surface area contributed by atoms with Crippen LogP contribution in [0.4, 0.5) is 5.69 Å². The maximum absolute atomic E-state index is 12.6. The molecule has 8 nitrogen and oxygen atoms in total. The van der Waals surface area contributed by atoms with Gasteiger partial charge in [0.15, 0.2) is 0 Å². The van der Waals surface area contributed by atoms with Crippen molar-refractivity contribution in [3.8, 4) is 0 Å². The molecule has 0 spiro atoms. The molecule has 0 aliphatic carbocycles. The summed E-state index contributed by atoms with van der Waals surface area (Å²) in [5, 5.41) is 16.9. The number of carbonyl (C=O) groups excluding carboxylic acids is 2. The molecule has 0 saturated carbocycles. The highest BCUT2D eigenvalue weighted by Gasteiger charge is 2.29. The van der Waals surface area contributed by atoms with Gasteiger partial charge in [0.25, 0.3) is 0 Å². The third kappa shape index (κ3) is 5.39. The maximum Gasteiger partial charge on any atom is 0.223 e. The van der Waals surface area contributed by atoms with E-state index < -0.39 is 0 Å². The molecule has 150 valence electrons. The Morgan fingerprint density at radius 1 is 1.18 bits per heavy atom. The number of aromatic nitrogens is 3. The summed E-state index contributed by atoms with van der Waals surface area (Å²) in [7, 11) is 0. The Bertz CT molecular complexity index is 802. The number of aryl methyl sites for hydroxylation is 1. The predicted molar refractivity (Wildman–Crippen MR) is 104 cm³/mol. The molecule has 2 heterocycles. The largest absolute Gasteiger partial charge is 0.399 e. The van der Waals surface area contributed by atoms with Crippen LogP contribution in [0.25, 0.3) is 0 Å². The molecule has 8 heteroatoms. The minimum atomic E-state index is -0.147. The van der Waals surface area contributed by atoms with Crippen LogP contribution in [-0.2, 0) is 29.2 Å². The molecule has 1 saturated heterocycles. The third-order valence-electron chi connectivity index (χ3n) is 5.13. The van der Waals surface area contributed by atoms with Gasteiger partial charge in [-0.25, -0.2) is 0 Å². The van der Waals surface area contributed by atoms with Crippen LogP contribution in [0.2, 0.25) is 0 Å². The topological polar surface area (TPSA) is 114 Å². The average molecular weight is 385 g/mol. The van der Waals surface area contributed by atoms with Crippen molar-refractivity contribution in [3.63, 3.8) is 0 Å². The van der Waals surface area contributed by atoms with Gasteiger partial charge in [-0.2, -0.15) is 0 Å². The molecule has 3 rings (SSSR count). The molecule has 1 aliphatic rings. The van der Waals surface area contributed by atoms with E-state index in [1.807, 2.05) is 29.2 Å². The number of rotatable bonds is 9. The van der Waals surface area contributed by atoms with Crippen molar-refractivity contribution in [2.75, 3.05) is 12.3 Å². The molecule has 0 unspecified atom stereocenters. The average Bonchev–Trinajstić information content (AvgIpc) is 3.35. The highest BCUT2D eigenvalue weighted by atomic mass is 16.3. The zero-order valence-electron chi connectivity index (χ0n) is 16.0. The fourth-order valence-electron chi connectivity index (χ4n) is 3.55. The smallest absolute Gasteiger partial charge is 0.223 e. The van der Waals surface area contributed by atoms with Gasteiger partial charge in [-0.05, 0) is 37.0 Å². The van der Waals surface area contributed by atoms with E-state index >= 15 is 0 Å². The lowest BCUT2D eigenvalue weighted by Gasteiger charge is -2.24. The molecule has 1 aliphatic heterocycles. The van der Waals surface area contributed by atoms with Crippen LogP contribution in [0.1, 0.15) is 43.4 Å². The summed E-state index contributed by atoms with van der Waals surface area (Å²) < 4.78 is 1.67. The van der Waals surface area contributed by atoms with Crippen LogP contribution in [0.3, 0.4) is 0 Å². The maximum atomic E-state index is 12.6. The summed E-state index contributed by atoms with van der Waals surface area (Å²) in [5.74, 6) is 0.121. The highest BCUT2D eigenvalue weighted by molar-refractivity contribution is 5.85. The predicted octanol–water partition coefficient (Wildman–Crippen LogP) is 1.33. The third-order valence-corrected chi connectivity index (χ3v) is 5.13. The summed E-state index contributed by atoms with van der Waals surface area (Å²) >= 11 is 0. The van der Waals surface area contributed by atoms with E-state index in [1.165, 1.54) is 0 Å². The fourth-order valence-corrected chi connectivity index (χ4v) is 3.55. The second-order valence-corrected chi connectivity index (χ2v) is 7.25. The molecule has 3 N–H and O–H groups in total. The first kappa shape index (κ1) is 20.0. The minimum Gasteiger partial charge on any atom is -0.399 e. The second-order valence-electron chi connectivity index (χ2n) is 7.25. The fraction of sp³-hybridized carbons (Fsp3) is 0.500. The lowest BCUT2D eigenvalue weighted by atomic mass is 10.0. The van der Waals surface area contributed by atoms with Gasteiger partial charge in [0.05, 0.1) is 25.4 Å². The number of Topliss-reactive ketones (excluding diaryl/α,β-unsaturated/α-hetero) is 1. The van der Waals surface area contributed by atoms with E-state index in [-0.39, 0.29) is 37.2 Å². The summed E-state index contributed by atoms with van der Waals surface area (Å²) in [6.45, 7) is 1.13. The number of amides is 1. The molecule has 0 bridgehead atoms. The molecule has 2 aromatic rings. The minimum absolute atomic E-state index is 0.0193.